The van der Waals surface area contributed by atoms with E-state index in [4.69, 9.17) is 0 Å². The highest BCUT2D eigenvalue weighted by Crippen LogP contribution is 2.33. The first kappa shape index (κ1) is 13.5. The molecule has 1 aromatic rings. The van der Waals surface area contributed by atoms with Crippen LogP contribution in [0.2, 0.25) is 0 Å². The number of aliphatic hydroxyl groups is 1. The fourth-order valence-corrected chi connectivity index (χ4v) is 3.85. The maximum atomic E-state index is 10.0. The van der Waals surface area contributed by atoms with Gasteiger partial charge in [0.05, 0.1) is 6.10 Å². The normalized spacial score (nSPS) is 27.4. The number of nitrogens with one attached hydrogen (secondary N) is 1. The van der Waals surface area contributed by atoms with Crippen molar-refractivity contribution in [3.8, 4) is 0 Å². The molecule has 104 valence electrons. The van der Waals surface area contributed by atoms with Gasteiger partial charge in [-0.1, -0.05) is 25.0 Å². The van der Waals surface area contributed by atoms with E-state index in [0.717, 1.165) is 25.4 Å². The third-order valence-electron chi connectivity index (χ3n) is 4.05. The lowest BCUT2D eigenvalue weighted by Crippen LogP contribution is -2.26. The molecule has 2 aliphatic rings. The van der Waals surface area contributed by atoms with E-state index >= 15 is 0 Å². The zero-order valence-corrected chi connectivity index (χ0v) is 12.2. The smallest absolute Gasteiger partial charge is 0.0662 e. The van der Waals surface area contributed by atoms with Gasteiger partial charge < -0.3 is 10.4 Å². The highest BCUT2D eigenvalue weighted by atomic mass is 32.2. The van der Waals surface area contributed by atoms with Crippen LogP contribution in [-0.4, -0.2) is 22.5 Å². The number of benzene rings is 1. The molecule has 0 spiro atoms. The summed E-state index contributed by atoms with van der Waals surface area (Å²) in [6.07, 6.45) is 7.14. The Morgan fingerprint density at radius 1 is 1.05 bits per heavy atom. The number of thioether (sulfide) groups is 1. The van der Waals surface area contributed by atoms with E-state index in [1.165, 1.54) is 36.1 Å². The van der Waals surface area contributed by atoms with Crippen molar-refractivity contribution in [3.63, 3.8) is 0 Å². The van der Waals surface area contributed by atoms with Crippen LogP contribution in [0.4, 0.5) is 0 Å². The van der Waals surface area contributed by atoms with Gasteiger partial charge in [-0.05, 0) is 43.4 Å². The predicted octanol–water partition coefficient (Wildman–Crippen LogP) is 3.33. The maximum Gasteiger partial charge on any atom is 0.0662 e. The summed E-state index contributed by atoms with van der Waals surface area (Å²) in [4.78, 5) is 1.29. The zero-order valence-electron chi connectivity index (χ0n) is 11.3. The molecule has 19 heavy (non-hydrogen) atoms. The molecule has 2 nitrogen and oxygen atoms in total. The average molecular weight is 277 g/mol. The second-order valence-electron chi connectivity index (χ2n) is 5.81. The Kier molecular flexibility index (Phi) is 4.46. The fourth-order valence-electron chi connectivity index (χ4n) is 2.63. The lowest BCUT2D eigenvalue weighted by atomic mass is 9.97. The van der Waals surface area contributed by atoms with Crippen molar-refractivity contribution < 1.29 is 5.11 Å². The van der Waals surface area contributed by atoms with Gasteiger partial charge in [-0.25, -0.2) is 0 Å². The van der Waals surface area contributed by atoms with Gasteiger partial charge in [-0.3, -0.25) is 0 Å². The largest absolute Gasteiger partial charge is 0.392 e. The monoisotopic (exact) mass is 277 g/mol. The van der Waals surface area contributed by atoms with Gasteiger partial charge in [0.15, 0.2) is 0 Å². The van der Waals surface area contributed by atoms with Crippen LogP contribution < -0.4 is 5.32 Å². The molecule has 2 saturated carbocycles. The van der Waals surface area contributed by atoms with Crippen LogP contribution in [-0.2, 0) is 6.54 Å². The van der Waals surface area contributed by atoms with E-state index in [0.29, 0.717) is 5.25 Å². The summed E-state index contributed by atoms with van der Waals surface area (Å²) in [5.74, 6) is 0. The van der Waals surface area contributed by atoms with Crippen LogP contribution in [0.15, 0.2) is 29.2 Å². The molecule has 2 fully saturated rings. The van der Waals surface area contributed by atoms with E-state index in [1.54, 1.807) is 0 Å². The molecule has 0 bridgehead atoms. The maximum absolute atomic E-state index is 10.0. The quantitative estimate of drug-likeness (QED) is 0.866. The van der Waals surface area contributed by atoms with E-state index in [2.05, 4.69) is 29.6 Å². The summed E-state index contributed by atoms with van der Waals surface area (Å²) in [5, 5.41) is 13.9. The summed E-state index contributed by atoms with van der Waals surface area (Å²) < 4.78 is 0. The second-order valence-corrected chi connectivity index (χ2v) is 7.12. The fraction of sp³-hybridized carbons (Fsp3) is 0.625. The molecule has 2 unspecified atom stereocenters. The molecular weight excluding hydrogens is 254 g/mol. The van der Waals surface area contributed by atoms with Crippen molar-refractivity contribution >= 4 is 11.8 Å². The summed E-state index contributed by atoms with van der Waals surface area (Å²) in [7, 11) is 0. The molecule has 0 aromatic heterocycles. The molecule has 2 atom stereocenters. The minimum atomic E-state index is -0.116. The van der Waals surface area contributed by atoms with E-state index in [9.17, 15) is 5.11 Å². The lowest BCUT2D eigenvalue weighted by Gasteiger charge is -2.26. The SMILES string of the molecule is OC1CCCCC1Sc1ccc(CNC2CC2)cc1. The van der Waals surface area contributed by atoms with Crippen molar-refractivity contribution in [2.75, 3.05) is 0 Å². The summed E-state index contributed by atoms with van der Waals surface area (Å²) >= 11 is 1.85. The Balaban J connectivity index is 1.52. The number of hydrogen-bond donors (Lipinski definition) is 2. The molecule has 3 rings (SSSR count). The van der Waals surface area contributed by atoms with Crippen LogP contribution in [0.3, 0.4) is 0 Å². The molecule has 3 heteroatoms. The Labute approximate surface area is 120 Å². The molecule has 0 heterocycles. The average Bonchev–Trinajstić information content (AvgIpc) is 3.25. The first-order valence-electron chi connectivity index (χ1n) is 7.48. The zero-order chi connectivity index (χ0) is 13.1. The molecule has 0 aliphatic heterocycles. The van der Waals surface area contributed by atoms with E-state index in [-0.39, 0.29) is 6.10 Å². The van der Waals surface area contributed by atoms with E-state index in [1.807, 2.05) is 11.8 Å². The summed E-state index contributed by atoms with van der Waals surface area (Å²) in [6.45, 7) is 0.988. The summed E-state index contributed by atoms with van der Waals surface area (Å²) in [6, 6.07) is 9.61. The molecule has 0 amide bonds. The number of aliphatic hydroxyl groups excluding tert-OH is 1. The van der Waals surface area contributed by atoms with Crippen LogP contribution in [0, 0.1) is 0 Å². The Bertz CT molecular complexity index is 402. The second kappa shape index (κ2) is 6.29. The van der Waals surface area contributed by atoms with Gasteiger partial charge in [0, 0.05) is 22.7 Å². The minimum Gasteiger partial charge on any atom is -0.392 e. The molecule has 2 N–H and O–H groups in total. The van der Waals surface area contributed by atoms with Crippen LogP contribution in [0.25, 0.3) is 0 Å². The van der Waals surface area contributed by atoms with Gasteiger partial charge in [0.25, 0.3) is 0 Å². The lowest BCUT2D eigenvalue weighted by molar-refractivity contribution is 0.137. The van der Waals surface area contributed by atoms with Gasteiger partial charge in [-0.15, -0.1) is 11.8 Å². The topological polar surface area (TPSA) is 32.3 Å². The standard InChI is InChI=1S/C16H23NOS/c18-15-3-1-2-4-16(15)19-14-9-5-12(6-10-14)11-17-13-7-8-13/h5-6,9-10,13,15-18H,1-4,7-8,11H2. The van der Waals surface area contributed by atoms with Crippen LogP contribution >= 0.6 is 11.8 Å². The van der Waals surface area contributed by atoms with Crippen molar-refractivity contribution in [2.24, 2.45) is 0 Å². The van der Waals surface area contributed by atoms with Crippen molar-refractivity contribution in [1.29, 1.82) is 0 Å². The van der Waals surface area contributed by atoms with Gasteiger partial charge in [0.2, 0.25) is 0 Å². The van der Waals surface area contributed by atoms with Crippen molar-refractivity contribution in [1.82, 2.24) is 5.32 Å². The molecule has 1 aromatic carbocycles. The first-order valence-corrected chi connectivity index (χ1v) is 8.36. The minimum absolute atomic E-state index is 0.116. The van der Waals surface area contributed by atoms with Crippen LogP contribution in [0.5, 0.6) is 0 Å². The van der Waals surface area contributed by atoms with Gasteiger partial charge in [-0.2, -0.15) is 0 Å². The van der Waals surface area contributed by atoms with Crippen molar-refractivity contribution in [2.45, 2.75) is 67.4 Å². The number of hydrogen-bond acceptors (Lipinski definition) is 3. The Hall–Kier alpha value is -0.510. The van der Waals surface area contributed by atoms with Gasteiger partial charge >= 0.3 is 0 Å². The Morgan fingerprint density at radius 2 is 1.79 bits per heavy atom. The Morgan fingerprint density at radius 3 is 2.47 bits per heavy atom. The third kappa shape index (κ3) is 3.98. The number of rotatable bonds is 5. The predicted molar refractivity (Wildman–Crippen MR) is 80.4 cm³/mol. The van der Waals surface area contributed by atoms with Crippen molar-refractivity contribution in [3.05, 3.63) is 29.8 Å². The molecule has 2 aliphatic carbocycles. The highest BCUT2D eigenvalue weighted by Gasteiger charge is 2.24. The molecule has 0 saturated heterocycles. The third-order valence-corrected chi connectivity index (χ3v) is 5.45. The molecule has 0 radical (unpaired) electrons. The van der Waals surface area contributed by atoms with Gasteiger partial charge in [0.1, 0.15) is 0 Å². The highest BCUT2D eigenvalue weighted by molar-refractivity contribution is 8.00. The molecular formula is C16H23NOS. The van der Waals surface area contributed by atoms with Crippen LogP contribution in [0.1, 0.15) is 44.1 Å². The first-order chi connectivity index (χ1) is 9.31. The van der Waals surface area contributed by atoms with E-state index < -0.39 is 0 Å². The summed E-state index contributed by atoms with van der Waals surface area (Å²) in [5.41, 5.74) is 1.36.